The molecule has 46 heavy (non-hydrogen) atoms. The summed E-state index contributed by atoms with van der Waals surface area (Å²) in [7, 11) is 1.72. The van der Waals surface area contributed by atoms with Crippen molar-refractivity contribution < 1.29 is 19.0 Å². The molecule has 0 aromatic heterocycles. The molecule has 9 heteroatoms. The molecule has 2 atom stereocenters. The van der Waals surface area contributed by atoms with Crippen LogP contribution in [0.3, 0.4) is 0 Å². The maximum atomic E-state index is 14.5. The first kappa shape index (κ1) is 33.2. The first-order valence-electron chi connectivity index (χ1n) is 16.2. The third kappa shape index (κ3) is 7.86. The number of methoxy groups -OCH3 is 1. The largest absolute Gasteiger partial charge is 0.490 e. The fourth-order valence-electron chi connectivity index (χ4n) is 6.62. The van der Waals surface area contributed by atoms with Crippen LogP contribution in [0.25, 0.3) is 5.57 Å². The van der Waals surface area contributed by atoms with Crippen LogP contribution in [0.4, 0.5) is 0 Å². The van der Waals surface area contributed by atoms with E-state index in [1.165, 1.54) is 5.56 Å². The molecular formula is C37H41Cl3N2O4. The molecule has 1 saturated heterocycles. The minimum absolute atomic E-state index is 0.0619. The van der Waals surface area contributed by atoms with Gasteiger partial charge in [0.15, 0.2) is 5.75 Å². The van der Waals surface area contributed by atoms with E-state index in [2.05, 4.69) is 34.5 Å². The van der Waals surface area contributed by atoms with Crippen molar-refractivity contribution in [1.29, 1.82) is 0 Å². The van der Waals surface area contributed by atoms with Gasteiger partial charge in [-0.25, -0.2) is 0 Å². The summed E-state index contributed by atoms with van der Waals surface area (Å²) in [4.78, 5) is 16.6. The van der Waals surface area contributed by atoms with Gasteiger partial charge in [0, 0.05) is 49.0 Å². The second-order valence-electron chi connectivity index (χ2n) is 12.6. The van der Waals surface area contributed by atoms with Crippen LogP contribution in [-0.4, -0.2) is 55.9 Å². The highest BCUT2D eigenvalue weighted by Crippen LogP contribution is 2.41. The molecule has 1 saturated carbocycles. The van der Waals surface area contributed by atoms with Gasteiger partial charge in [-0.15, -0.1) is 0 Å². The number of ether oxygens (including phenoxy) is 3. The fraction of sp³-hybridized carbons (Fsp3) is 0.432. The van der Waals surface area contributed by atoms with E-state index in [4.69, 9.17) is 49.0 Å². The van der Waals surface area contributed by atoms with E-state index in [1.54, 1.807) is 7.11 Å². The topological polar surface area (TPSA) is 60.0 Å². The van der Waals surface area contributed by atoms with E-state index >= 15 is 0 Å². The molecule has 0 radical (unpaired) electrons. The van der Waals surface area contributed by atoms with Crippen molar-refractivity contribution in [3.05, 3.63) is 97.5 Å². The Morgan fingerprint density at radius 1 is 0.891 bits per heavy atom. The van der Waals surface area contributed by atoms with Crippen LogP contribution in [0, 0.1) is 6.92 Å². The Hall–Kier alpha value is -2.74. The van der Waals surface area contributed by atoms with Crippen molar-refractivity contribution in [2.45, 2.75) is 76.5 Å². The molecule has 6 nitrogen and oxygen atoms in total. The Morgan fingerprint density at radius 3 is 2.35 bits per heavy atom. The number of amides is 1. The molecule has 3 aliphatic rings. The highest BCUT2D eigenvalue weighted by atomic mass is 35.5. The lowest BCUT2D eigenvalue weighted by molar-refractivity contribution is -0.128. The van der Waals surface area contributed by atoms with Crippen molar-refractivity contribution in [2.75, 3.05) is 26.9 Å². The van der Waals surface area contributed by atoms with E-state index in [0.29, 0.717) is 46.6 Å². The smallest absolute Gasteiger partial charge is 0.252 e. The van der Waals surface area contributed by atoms with Crippen LogP contribution in [0.1, 0.15) is 60.8 Å². The Kier molecular flexibility index (Phi) is 10.8. The Bertz CT molecular complexity index is 1560. The second kappa shape index (κ2) is 15.0. The molecule has 0 spiro atoms. The van der Waals surface area contributed by atoms with Gasteiger partial charge in [-0.05, 0) is 110 Å². The van der Waals surface area contributed by atoms with Gasteiger partial charge in [0.2, 0.25) is 0 Å². The SMILES string of the molecule is COCCCc1ccc(Cl)c(CN(C(=O)C2=C(c3ccc(OCCOc4c(Cl)cc(C)cc4Cl)cc3)C[C@@H]3CC[C@H]2N3)C2CC2)c1. The zero-order chi connectivity index (χ0) is 32.2. The van der Waals surface area contributed by atoms with Gasteiger partial charge >= 0.3 is 0 Å². The van der Waals surface area contributed by atoms with Gasteiger partial charge in [0.1, 0.15) is 19.0 Å². The quantitative estimate of drug-likeness (QED) is 0.173. The van der Waals surface area contributed by atoms with Gasteiger partial charge < -0.3 is 24.4 Å². The van der Waals surface area contributed by atoms with E-state index in [1.807, 2.05) is 37.3 Å². The van der Waals surface area contributed by atoms with Crippen LogP contribution >= 0.6 is 34.8 Å². The Balaban J connectivity index is 1.17. The van der Waals surface area contributed by atoms with Gasteiger partial charge in [0.25, 0.3) is 5.91 Å². The zero-order valence-corrected chi connectivity index (χ0v) is 28.7. The molecule has 2 bridgehead atoms. The molecule has 1 amide bonds. The average Bonchev–Trinajstić information content (AvgIpc) is 3.81. The minimum atomic E-state index is 0.0619. The van der Waals surface area contributed by atoms with E-state index in [0.717, 1.165) is 85.1 Å². The average molecular weight is 684 g/mol. The number of fused-ring (bicyclic) bond motifs is 2. The van der Waals surface area contributed by atoms with Crippen LogP contribution in [0.15, 0.2) is 60.2 Å². The highest BCUT2D eigenvalue weighted by molar-refractivity contribution is 6.37. The number of nitrogens with one attached hydrogen (secondary N) is 1. The molecule has 3 aromatic carbocycles. The van der Waals surface area contributed by atoms with Crippen LogP contribution in [-0.2, 0) is 22.5 Å². The number of halogens is 3. The lowest BCUT2D eigenvalue weighted by Gasteiger charge is -2.32. The molecule has 2 heterocycles. The fourth-order valence-corrected chi connectivity index (χ4v) is 7.51. The molecule has 1 aliphatic carbocycles. The summed E-state index contributed by atoms with van der Waals surface area (Å²) >= 11 is 19.3. The maximum Gasteiger partial charge on any atom is 0.252 e. The first-order valence-corrected chi connectivity index (χ1v) is 17.3. The molecule has 1 N–H and O–H groups in total. The molecule has 3 aromatic rings. The van der Waals surface area contributed by atoms with Crippen LogP contribution in [0.2, 0.25) is 15.1 Å². The van der Waals surface area contributed by atoms with Gasteiger partial charge in [0.05, 0.1) is 10.0 Å². The predicted octanol–water partition coefficient (Wildman–Crippen LogP) is 8.46. The minimum Gasteiger partial charge on any atom is -0.490 e. The third-order valence-corrected chi connectivity index (χ3v) is 9.98. The summed E-state index contributed by atoms with van der Waals surface area (Å²) in [5.74, 6) is 1.33. The van der Waals surface area contributed by atoms with Gasteiger partial charge in [-0.2, -0.15) is 0 Å². The number of carbonyl (C=O) groups excluding carboxylic acids is 1. The number of hydrogen-bond acceptors (Lipinski definition) is 5. The molecule has 2 aliphatic heterocycles. The number of nitrogens with zero attached hydrogens (tertiary/aromatic N) is 1. The van der Waals surface area contributed by atoms with Gasteiger partial charge in [-0.3, -0.25) is 4.79 Å². The van der Waals surface area contributed by atoms with E-state index < -0.39 is 0 Å². The zero-order valence-electron chi connectivity index (χ0n) is 26.4. The summed E-state index contributed by atoms with van der Waals surface area (Å²) in [6.45, 7) is 3.81. The first-order chi connectivity index (χ1) is 22.3. The summed E-state index contributed by atoms with van der Waals surface area (Å²) in [6, 6.07) is 18.6. The number of carbonyl (C=O) groups is 1. The Labute approximate surface area is 286 Å². The van der Waals surface area contributed by atoms with E-state index in [-0.39, 0.29) is 18.0 Å². The monoisotopic (exact) mass is 682 g/mol. The van der Waals surface area contributed by atoms with Crippen LogP contribution < -0.4 is 14.8 Å². The number of aryl methyl sites for hydroxylation is 2. The number of rotatable bonds is 14. The predicted molar refractivity (Wildman–Crippen MR) is 185 cm³/mol. The summed E-state index contributed by atoms with van der Waals surface area (Å²) in [6.07, 6.45) is 6.79. The molecule has 0 unspecified atom stereocenters. The van der Waals surface area contributed by atoms with E-state index in [9.17, 15) is 4.79 Å². The van der Waals surface area contributed by atoms with Gasteiger partial charge in [-0.1, -0.05) is 59.1 Å². The second-order valence-corrected chi connectivity index (χ2v) is 13.8. The summed E-state index contributed by atoms with van der Waals surface area (Å²) < 4.78 is 17.0. The van der Waals surface area contributed by atoms with Crippen molar-refractivity contribution in [2.24, 2.45) is 0 Å². The van der Waals surface area contributed by atoms with Crippen molar-refractivity contribution in [3.63, 3.8) is 0 Å². The molecular weight excluding hydrogens is 643 g/mol. The molecule has 2 fully saturated rings. The van der Waals surface area contributed by atoms with Crippen molar-refractivity contribution in [3.8, 4) is 11.5 Å². The maximum absolute atomic E-state index is 14.5. The molecule has 6 rings (SSSR count). The normalized spacial score (nSPS) is 19.0. The van der Waals surface area contributed by atoms with Crippen LogP contribution in [0.5, 0.6) is 11.5 Å². The standard InChI is InChI=1S/C37H41Cl3N2O4/c1-23-18-32(39)36(33(40)19-23)46-17-16-45-29-11-6-25(7-12-29)30-21-27-8-14-34(41-27)35(30)37(43)42(28-9-10-28)22-26-20-24(4-3-15-44-2)5-13-31(26)38/h5-7,11-13,18-20,27-28,34,41H,3-4,8-10,14-17,21-22H2,1-2H3/t27-,34+/m0/s1. The van der Waals surface area contributed by atoms with Crippen molar-refractivity contribution >= 4 is 46.3 Å². The molecule has 244 valence electrons. The van der Waals surface area contributed by atoms with Crippen molar-refractivity contribution in [1.82, 2.24) is 10.2 Å². The number of hydrogen-bond donors (Lipinski definition) is 1. The summed E-state index contributed by atoms with van der Waals surface area (Å²) in [5, 5.41) is 5.39. The Morgan fingerprint density at radius 2 is 1.63 bits per heavy atom. The third-order valence-electron chi connectivity index (χ3n) is 9.05. The number of benzene rings is 3. The lowest BCUT2D eigenvalue weighted by Crippen LogP contribution is -2.44. The highest BCUT2D eigenvalue weighted by Gasteiger charge is 2.42. The lowest BCUT2D eigenvalue weighted by atomic mass is 9.88. The summed E-state index contributed by atoms with van der Waals surface area (Å²) in [5.41, 5.74) is 6.31.